The Morgan fingerprint density at radius 2 is 1.63 bits per heavy atom. The van der Waals surface area contributed by atoms with E-state index in [4.69, 9.17) is 9.47 Å². The molecule has 1 fully saturated rings. The van der Waals surface area contributed by atoms with E-state index >= 15 is 0 Å². The van der Waals surface area contributed by atoms with Crippen molar-refractivity contribution in [3.8, 4) is 11.5 Å². The number of ether oxygens (including phenoxy) is 2. The summed E-state index contributed by atoms with van der Waals surface area (Å²) in [5, 5.41) is 5.75. The lowest BCUT2D eigenvalue weighted by molar-refractivity contribution is -0.134. The summed E-state index contributed by atoms with van der Waals surface area (Å²) in [5.41, 5.74) is 0.717. The first-order chi connectivity index (χ1) is 14.6. The number of para-hydroxylation sites is 1. The summed E-state index contributed by atoms with van der Waals surface area (Å²) in [5.74, 6) is 1.83. The summed E-state index contributed by atoms with van der Waals surface area (Å²) in [4.78, 5) is 26.3. The third kappa shape index (κ3) is 6.69. The van der Waals surface area contributed by atoms with Gasteiger partial charge in [0.05, 0.1) is 6.61 Å². The van der Waals surface area contributed by atoms with Gasteiger partial charge < -0.3 is 25.0 Å². The van der Waals surface area contributed by atoms with E-state index in [9.17, 15) is 9.59 Å². The van der Waals surface area contributed by atoms with Crippen molar-refractivity contribution in [1.82, 2.24) is 10.2 Å². The molecule has 160 valence electrons. The molecule has 7 nitrogen and oxygen atoms in total. The number of benzene rings is 2. The van der Waals surface area contributed by atoms with Gasteiger partial charge in [-0.15, -0.1) is 0 Å². The van der Waals surface area contributed by atoms with Crippen LogP contribution in [0.3, 0.4) is 0 Å². The average Bonchev–Trinajstić information content (AvgIpc) is 2.78. The van der Waals surface area contributed by atoms with Gasteiger partial charge in [-0.1, -0.05) is 18.2 Å². The molecule has 3 amide bonds. The molecular formula is C23H29N3O4. The number of carbonyl (C=O) groups excluding carboxylic acids is 2. The van der Waals surface area contributed by atoms with Crippen LogP contribution in [-0.2, 0) is 4.79 Å². The van der Waals surface area contributed by atoms with Crippen LogP contribution < -0.4 is 20.1 Å². The molecule has 1 aliphatic rings. The Bertz CT molecular complexity index is 803. The zero-order valence-corrected chi connectivity index (χ0v) is 17.3. The smallest absolute Gasteiger partial charge is 0.319 e. The second kappa shape index (κ2) is 11.1. The maximum absolute atomic E-state index is 12.3. The van der Waals surface area contributed by atoms with Crippen molar-refractivity contribution in [2.45, 2.75) is 19.8 Å². The van der Waals surface area contributed by atoms with Gasteiger partial charge in [0.1, 0.15) is 11.5 Å². The van der Waals surface area contributed by atoms with Crippen molar-refractivity contribution in [3.63, 3.8) is 0 Å². The summed E-state index contributed by atoms with van der Waals surface area (Å²) in [6.45, 7) is 4.55. The highest BCUT2D eigenvalue weighted by Gasteiger charge is 2.23. The maximum Gasteiger partial charge on any atom is 0.319 e. The number of amides is 3. The van der Waals surface area contributed by atoms with Crippen LogP contribution in [0.1, 0.15) is 19.8 Å². The van der Waals surface area contributed by atoms with Crippen LogP contribution in [0.2, 0.25) is 0 Å². The van der Waals surface area contributed by atoms with E-state index in [0.29, 0.717) is 37.9 Å². The molecule has 3 rings (SSSR count). The number of nitrogens with one attached hydrogen (secondary N) is 2. The molecule has 30 heavy (non-hydrogen) atoms. The summed E-state index contributed by atoms with van der Waals surface area (Å²) >= 11 is 0. The maximum atomic E-state index is 12.3. The minimum absolute atomic E-state index is 0.00138. The van der Waals surface area contributed by atoms with Gasteiger partial charge in [0.25, 0.3) is 5.91 Å². The van der Waals surface area contributed by atoms with Crippen LogP contribution in [-0.4, -0.2) is 49.7 Å². The van der Waals surface area contributed by atoms with Gasteiger partial charge >= 0.3 is 6.03 Å². The lowest BCUT2D eigenvalue weighted by Crippen LogP contribution is -2.43. The second-order valence-electron chi connectivity index (χ2n) is 7.22. The fourth-order valence-electron chi connectivity index (χ4n) is 3.35. The number of carbonyl (C=O) groups is 2. The number of hydrogen-bond acceptors (Lipinski definition) is 4. The van der Waals surface area contributed by atoms with E-state index in [1.807, 2.05) is 66.4 Å². The molecule has 0 saturated carbocycles. The quantitative estimate of drug-likeness (QED) is 0.697. The average molecular weight is 412 g/mol. The third-order valence-electron chi connectivity index (χ3n) is 5.05. The third-order valence-corrected chi connectivity index (χ3v) is 5.05. The molecule has 7 heteroatoms. The van der Waals surface area contributed by atoms with Crippen molar-refractivity contribution < 1.29 is 19.1 Å². The predicted molar refractivity (Wildman–Crippen MR) is 116 cm³/mol. The number of hydrogen-bond donors (Lipinski definition) is 2. The lowest BCUT2D eigenvalue weighted by atomic mass is 9.97. The van der Waals surface area contributed by atoms with Crippen molar-refractivity contribution >= 4 is 17.6 Å². The molecule has 0 bridgehead atoms. The first-order valence-corrected chi connectivity index (χ1v) is 10.4. The zero-order chi connectivity index (χ0) is 21.2. The van der Waals surface area contributed by atoms with Crippen LogP contribution >= 0.6 is 0 Å². The van der Waals surface area contributed by atoms with Gasteiger partial charge in [-0.25, -0.2) is 4.79 Å². The summed E-state index contributed by atoms with van der Waals surface area (Å²) in [7, 11) is 0. The highest BCUT2D eigenvalue weighted by Crippen LogP contribution is 2.18. The Kier molecular flexibility index (Phi) is 7.94. The van der Waals surface area contributed by atoms with E-state index in [2.05, 4.69) is 10.6 Å². The molecule has 0 unspecified atom stereocenters. The van der Waals surface area contributed by atoms with E-state index in [1.54, 1.807) is 0 Å². The topological polar surface area (TPSA) is 79.9 Å². The minimum Gasteiger partial charge on any atom is -0.494 e. The fraction of sp³-hybridized carbons (Fsp3) is 0.391. The Hall–Kier alpha value is -3.22. The number of likely N-dealkylation sites (tertiary alicyclic amines) is 1. The van der Waals surface area contributed by atoms with E-state index < -0.39 is 0 Å². The molecule has 0 spiro atoms. The highest BCUT2D eigenvalue weighted by molar-refractivity contribution is 5.89. The molecule has 0 aliphatic carbocycles. The first kappa shape index (κ1) is 21.5. The van der Waals surface area contributed by atoms with Crippen molar-refractivity contribution in [1.29, 1.82) is 0 Å². The van der Waals surface area contributed by atoms with Gasteiger partial charge in [0, 0.05) is 25.3 Å². The summed E-state index contributed by atoms with van der Waals surface area (Å²) in [6.07, 6.45) is 1.72. The van der Waals surface area contributed by atoms with Crippen LogP contribution in [0.15, 0.2) is 54.6 Å². The largest absolute Gasteiger partial charge is 0.494 e. The Labute approximate surface area is 177 Å². The normalized spacial score (nSPS) is 14.1. The molecule has 2 aromatic rings. The molecule has 1 heterocycles. The monoisotopic (exact) mass is 411 g/mol. The summed E-state index contributed by atoms with van der Waals surface area (Å²) in [6, 6.07) is 16.4. The standard InChI is InChI=1S/C23H29N3O4/c1-2-29-21-10-8-19(9-11-21)25-23(28)24-16-18-12-14-26(15-13-18)22(27)17-30-20-6-4-3-5-7-20/h3-11,18H,2,12-17H2,1H3,(H2,24,25,28). The van der Waals surface area contributed by atoms with Crippen LogP contribution in [0, 0.1) is 5.92 Å². The molecule has 2 N–H and O–H groups in total. The van der Waals surface area contributed by atoms with Crippen LogP contribution in [0.5, 0.6) is 11.5 Å². The van der Waals surface area contributed by atoms with Crippen LogP contribution in [0.4, 0.5) is 10.5 Å². The highest BCUT2D eigenvalue weighted by atomic mass is 16.5. The Morgan fingerprint density at radius 1 is 0.967 bits per heavy atom. The first-order valence-electron chi connectivity index (χ1n) is 10.4. The molecule has 0 aromatic heterocycles. The van der Waals surface area contributed by atoms with Gasteiger partial charge in [0.15, 0.2) is 6.61 Å². The second-order valence-corrected chi connectivity index (χ2v) is 7.22. The Balaban J connectivity index is 1.33. The molecule has 0 atom stereocenters. The molecule has 0 radical (unpaired) electrons. The van der Waals surface area contributed by atoms with Gasteiger partial charge in [-0.2, -0.15) is 0 Å². The van der Waals surface area contributed by atoms with Crippen molar-refractivity contribution in [3.05, 3.63) is 54.6 Å². The molecule has 2 aromatic carbocycles. The number of piperidine rings is 1. The number of anilines is 1. The molecular weight excluding hydrogens is 382 g/mol. The predicted octanol–water partition coefficient (Wildman–Crippen LogP) is 3.52. The number of urea groups is 1. The van der Waals surface area contributed by atoms with Crippen molar-refractivity contribution in [2.75, 3.05) is 38.2 Å². The van der Waals surface area contributed by atoms with Crippen LogP contribution in [0.25, 0.3) is 0 Å². The van der Waals surface area contributed by atoms with E-state index in [-0.39, 0.29) is 18.5 Å². The number of nitrogens with zero attached hydrogens (tertiary/aromatic N) is 1. The van der Waals surface area contributed by atoms with Gasteiger partial charge in [-0.3, -0.25) is 4.79 Å². The lowest BCUT2D eigenvalue weighted by Gasteiger charge is -2.32. The zero-order valence-electron chi connectivity index (χ0n) is 17.3. The van der Waals surface area contributed by atoms with Gasteiger partial charge in [-0.05, 0) is 62.1 Å². The van der Waals surface area contributed by atoms with Crippen molar-refractivity contribution in [2.24, 2.45) is 5.92 Å². The minimum atomic E-state index is -0.228. The fourth-order valence-corrected chi connectivity index (χ4v) is 3.35. The van der Waals surface area contributed by atoms with E-state index in [0.717, 1.165) is 24.3 Å². The molecule has 1 saturated heterocycles. The molecule has 1 aliphatic heterocycles. The SMILES string of the molecule is CCOc1ccc(NC(=O)NCC2CCN(C(=O)COc3ccccc3)CC2)cc1. The van der Waals surface area contributed by atoms with Gasteiger partial charge in [0.2, 0.25) is 0 Å². The van der Waals surface area contributed by atoms with E-state index in [1.165, 1.54) is 0 Å². The number of rotatable bonds is 8. The Morgan fingerprint density at radius 3 is 2.30 bits per heavy atom. The summed E-state index contributed by atoms with van der Waals surface area (Å²) < 4.78 is 10.9.